The van der Waals surface area contributed by atoms with Crippen molar-refractivity contribution in [1.82, 2.24) is 10.3 Å². The number of pyridine rings is 1. The molecule has 1 unspecified atom stereocenters. The van der Waals surface area contributed by atoms with Crippen LogP contribution in [0.2, 0.25) is 0 Å². The molecule has 0 saturated carbocycles. The summed E-state index contributed by atoms with van der Waals surface area (Å²) in [4.78, 5) is 28.1. The molecule has 0 bridgehead atoms. The third-order valence-electron chi connectivity index (χ3n) is 3.92. The molecule has 2 amide bonds. The smallest absolute Gasteiger partial charge is 0.251 e. The predicted octanol–water partition coefficient (Wildman–Crippen LogP) is 2.70. The van der Waals surface area contributed by atoms with Crippen molar-refractivity contribution in [2.45, 2.75) is 12.5 Å². The fourth-order valence-corrected chi connectivity index (χ4v) is 2.53. The number of primary amides is 1. The average Bonchev–Trinajstić information content (AvgIpc) is 2.69. The fraction of sp³-hybridized carbons (Fsp3) is 0.0952. The van der Waals surface area contributed by atoms with E-state index in [1.165, 1.54) is 0 Å². The number of nitrogens with two attached hydrogens (primary N) is 1. The number of hydrogen-bond acceptors (Lipinski definition) is 4. The third-order valence-corrected chi connectivity index (χ3v) is 3.92. The number of nitrogens with one attached hydrogen (secondary N) is 1. The molecule has 3 rings (SSSR count). The summed E-state index contributed by atoms with van der Waals surface area (Å²) in [5.41, 5.74) is 6.77. The molecule has 0 aliphatic carbocycles. The Morgan fingerprint density at radius 2 is 1.70 bits per heavy atom. The van der Waals surface area contributed by atoms with E-state index in [0.717, 1.165) is 5.56 Å². The minimum absolute atomic E-state index is 0.337. The number of aromatic nitrogens is 1. The molecule has 0 fully saturated rings. The molecule has 1 heterocycles. The highest BCUT2D eigenvalue weighted by molar-refractivity contribution is 5.97. The van der Waals surface area contributed by atoms with E-state index in [-0.39, 0.29) is 5.91 Å². The van der Waals surface area contributed by atoms with Crippen molar-refractivity contribution in [2.75, 3.05) is 0 Å². The van der Waals surface area contributed by atoms with Gasteiger partial charge in [-0.1, -0.05) is 30.3 Å². The van der Waals surface area contributed by atoms with Gasteiger partial charge in [-0.15, -0.1) is 0 Å². The Bertz CT molecular complexity index is 897. The summed E-state index contributed by atoms with van der Waals surface area (Å²) in [6.45, 7) is 0. The van der Waals surface area contributed by atoms with Gasteiger partial charge in [0.05, 0.1) is 6.20 Å². The van der Waals surface area contributed by atoms with Crippen LogP contribution < -0.4 is 15.8 Å². The second-order valence-corrected chi connectivity index (χ2v) is 5.93. The lowest BCUT2D eigenvalue weighted by Crippen LogP contribution is -2.45. The molecule has 0 aliphatic heterocycles. The van der Waals surface area contributed by atoms with E-state index in [2.05, 4.69) is 10.3 Å². The highest BCUT2D eigenvalue weighted by Gasteiger charge is 2.19. The van der Waals surface area contributed by atoms with E-state index in [9.17, 15) is 9.59 Å². The summed E-state index contributed by atoms with van der Waals surface area (Å²) in [5, 5.41) is 2.69. The van der Waals surface area contributed by atoms with Crippen LogP contribution in [0.25, 0.3) is 0 Å². The summed E-state index contributed by atoms with van der Waals surface area (Å²) >= 11 is 0. The van der Waals surface area contributed by atoms with E-state index in [1.807, 2.05) is 30.3 Å². The van der Waals surface area contributed by atoms with Gasteiger partial charge >= 0.3 is 0 Å². The van der Waals surface area contributed by atoms with Gasteiger partial charge in [0.1, 0.15) is 17.5 Å². The van der Waals surface area contributed by atoms with Gasteiger partial charge in [-0.3, -0.25) is 14.6 Å². The van der Waals surface area contributed by atoms with Crippen LogP contribution in [-0.4, -0.2) is 22.8 Å². The van der Waals surface area contributed by atoms with Crippen molar-refractivity contribution in [3.05, 3.63) is 90.3 Å². The number of hydrogen-bond donors (Lipinski definition) is 2. The topological polar surface area (TPSA) is 94.3 Å². The maximum absolute atomic E-state index is 12.4. The first kappa shape index (κ1) is 18.1. The molecule has 3 aromatic rings. The molecule has 0 spiro atoms. The predicted molar refractivity (Wildman–Crippen MR) is 101 cm³/mol. The van der Waals surface area contributed by atoms with Gasteiger partial charge in [-0.2, -0.15) is 0 Å². The highest BCUT2D eigenvalue weighted by atomic mass is 16.5. The summed E-state index contributed by atoms with van der Waals surface area (Å²) < 4.78 is 5.64. The number of carbonyl (C=O) groups is 2. The summed E-state index contributed by atoms with van der Waals surface area (Å²) in [7, 11) is 0. The Labute approximate surface area is 157 Å². The normalized spacial score (nSPS) is 11.4. The first-order valence-corrected chi connectivity index (χ1v) is 8.44. The molecular weight excluding hydrogens is 342 g/mol. The highest BCUT2D eigenvalue weighted by Crippen LogP contribution is 2.20. The maximum Gasteiger partial charge on any atom is 0.251 e. The van der Waals surface area contributed by atoms with Crippen molar-refractivity contribution < 1.29 is 14.3 Å². The van der Waals surface area contributed by atoms with Crippen LogP contribution in [0.15, 0.2) is 79.1 Å². The molecule has 0 radical (unpaired) electrons. The molecule has 3 N–H and O–H groups in total. The summed E-state index contributed by atoms with van der Waals surface area (Å²) in [5.74, 6) is 0.230. The van der Waals surface area contributed by atoms with Crippen LogP contribution in [0.3, 0.4) is 0 Å². The van der Waals surface area contributed by atoms with Gasteiger partial charge in [0.25, 0.3) is 5.91 Å². The van der Waals surface area contributed by atoms with Gasteiger partial charge in [0.15, 0.2) is 0 Å². The summed E-state index contributed by atoms with van der Waals surface area (Å²) in [6.07, 6.45) is 3.59. The van der Waals surface area contributed by atoms with Crippen molar-refractivity contribution >= 4 is 11.8 Å². The van der Waals surface area contributed by atoms with Gasteiger partial charge in [0.2, 0.25) is 5.91 Å². The SMILES string of the molecule is NC(=O)C(Cc1ccccc1)NC(=O)c1ccc(Oc2cccnc2)cc1. The van der Waals surface area contributed by atoms with Crippen molar-refractivity contribution in [2.24, 2.45) is 5.73 Å². The lowest BCUT2D eigenvalue weighted by molar-refractivity contribution is -0.119. The lowest BCUT2D eigenvalue weighted by Gasteiger charge is -2.16. The standard InChI is InChI=1S/C21H19N3O3/c22-20(25)19(13-15-5-2-1-3-6-15)24-21(26)16-8-10-17(11-9-16)27-18-7-4-12-23-14-18/h1-12,14,19H,13H2,(H2,22,25)(H,24,26). The second-order valence-electron chi connectivity index (χ2n) is 5.93. The van der Waals surface area contributed by atoms with Crippen molar-refractivity contribution in [3.63, 3.8) is 0 Å². The van der Waals surface area contributed by atoms with Crippen LogP contribution in [0.4, 0.5) is 0 Å². The zero-order chi connectivity index (χ0) is 19.1. The number of nitrogens with zero attached hydrogens (tertiary/aromatic N) is 1. The number of carbonyl (C=O) groups excluding carboxylic acids is 2. The summed E-state index contributed by atoms with van der Waals surface area (Å²) in [6, 6.07) is 18.8. The van der Waals surface area contributed by atoms with Crippen LogP contribution in [0, 0.1) is 0 Å². The van der Waals surface area contributed by atoms with Crippen LogP contribution in [-0.2, 0) is 11.2 Å². The fourth-order valence-electron chi connectivity index (χ4n) is 2.53. The van der Waals surface area contributed by atoms with E-state index < -0.39 is 11.9 Å². The lowest BCUT2D eigenvalue weighted by atomic mass is 10.0. The average molecular weight is 361 g/mol. The Morgan fingerprint density at radius 3 is 2.33 bits per heavy atom. The number of benzene rings is 2. The van der Waals surface area contributed by atoms with E-state index in [0.29, 0.717) is 23.5 Å². The number of ether oxygens (including phenoxy) is 1. The molecule has 0 aliphatic rings. The van der Waals surface area contributed by atoms with Crippen LogP contribution in [0.1, 0.15) is 15.9 Å². The molecular formula is C21H19N3O3. The van der Waals surface area contributed by atoms with Crippen LogP contribution >= 0.6 is 0 Å². The molecule has 1 atom stereocenters. The zero-order valence-corrected chi connectivity index (χ0v) is 14.5. The third kappa shape index (κ3) is 5.15. The number of rotatable bonds is 7. The van der Waals surface area contributed by atoms with E-state index in [4.69, 9.17) is 10.5 Å². The van der Waals surface area contributed by atoms with Crippen LogP contribution in [0.5, 0.6) is 11.5 Å². The quantitative estimate of drug-likeness (QED) is 0.676. The Morgan fingerprint density at radius 1 is 0.963 bits per heavy atom. The molecule has 6 nitrogen and oxygen atoms in total. The maximum atomic E-state index is 12.4. The minimum atomic E-state index is -0.786. The van der Waals surface area contributed by atoms with E-state index >= 15 is 0 Å². The first-order valence-electron chi connectivity index (χ1n) is 8.44. The monoisotopic (exact) mass is 361 g/mol. The largest absolute Gasteiger partial charge is 0.456 e. The van der Waals surface area contributed by atoms with Gasteiger partial charge in [-0.05, 0) is 42.0 Å². The second kappa shape index (κ2) is 8.62. The van der Waals surface area contributed by atoms with Crippen molar-refractivity contribution in [1.29, 1.82) is 0 Å². The molecule has 1 aromatic heterocycles. The Kier molecular flexibility index (Phi) is 5.79. The van der Waals surface area contributed by atoms with Gasteiger partial charge in [0, 0.05) is 18.2 Å². The Hall–Kier alpha value is -3.67. The zero-order valence-electron chi connectivity index (χ0n) is 14.5. The van der Waals surface area contributed by atoms with E-state index in [1.54, 1.807) is 48.8 Å². The minimum Gasteiger partial charge on any atom is -0.456 e. The van der Waals surface area contributed by atoms with Gasteiger partial charge < -0.3 is 15.8 Å². The molecule has 2 aromatic carbocycles. The van der Waals surface area contributed by atoms with Crippen molar-refractivity contribution in [3.8, 4) is 11.5 Å². The molecule has 0 saturated heterocycles. The van der Waals surface area contributed by atoms with Gasteiger partial charge in [-0.25, -0.2) is 0 Å². The molecule has 136 valence electrons. The molecule has 27 heavy (non-hydrogen) atoms. The molecule has 6 heteroatoms. The first-order chi connectivity index (χ1) is 13.1. The number of amides is 2. The Balaban J connectivity index is 1.64.